The molecular formula is C11H14FNO4. The van der Waals surface area contributed by atoms with E-state index >= 15 is 0 Å². The average Bonchev–Trinajstić information content (AvgIpc) is 2.22. The first-order valence-electron chi connectivity index (χ1n) is 4.94. The molecule has 0 atom stereocenters. The van der Waals surface area contributed by atoms with Crippen LogP contribution in [0.5, 0.6) is 11.5 Å². The number of carboxylic acid groups (broad SMARTS) is 1. The second-order valence-corrected chi connectivity index (χ2v) is 3.65. The first-order chi connectivity index (χ1) is 7.88. The summed E-state index contributed by atoms with van der Waals surface area (Å²) in [6, 6.07) is 1.06. The van der Waals surface area contributed by atoms with Gasteiger partial charge in [-0.2, -0.15) is 0 Å². The monoisotopic (exact) mass is 243 g/mol. The molecule has 17 heavy (non-hydrogen) atoms. The zero-order valence-corrected chi connectivity index (χ0v) is 9.78. The zero-order valence-electron chi connectivity index (χ0n) is 9.78. The van der Waals surface area contributed by atoms with Gasteiger partial charge in [0, 0.05) is 6.07 Å². The van der Waals surface area contributed by atoms with Crippen LogP contribution in [0.3, 0.4) is 0 Å². The Bertz CT molecular complexity index is 446. The second-order valence-electron chi connectivity index (χ2n) is 3.65. The third-order valence-corrected chi connectivity index (χ3v) is 2.01. The second kappa shape index (κ2) is 4.90. The molecule has 1 aromatic carbocycles. The lowest BCUT2D eigenvalue weighted by Crippen LogP contribution is -2.11. The third kappa shape index (κ3) is 2.58. The molecule has 0 aliphatic carbocycles. The molecule has 0 saturated carbocycles. The Balaban J connectivity index is 3.41. The van der Waals surface area contributed by atoms with Gasteiger partial charge in [-0.1, -0.05) is 0 Å². The molecule has 1 aromatic rings. The number of halogens is 1. The third-order valence-electron chi connectivity index (χ3n) is 2.01. The van der Waals surface area contributed by atoms with E-state index in [2.05, 4.69) is 0 Å². The van der Waals surface area contributed by atoms with E-state index in [4.69, 9.17) is 20.3 Å². The average molecular weight is 243 g/mol. The Labute approximate surface area is 97.9 Å². The summed E-state index contributed by atoms with van der Waals surface area (Å²) in [4.78, 5) is 10.8. The molecule has 1 rings (SSSR count). The van der Waals surface area contributed by atoms with Crippen molar-refractivity contribution in [1.29, 1.82) is 0 Å². The van der Waals surface area contributed by atoms with Crippen molar-refractivity contribution in [2.45, 2.75) is 20.0 Å². The smallest absolute Gasteiger partial charge is 0.338 e. The molecule has 94 valence electrons. The van der Waals surface area contributed by atoms with Crippen LogP contribution in [0.2, 0.25) is 0 Å². The molecule has 0 saturated heterocycles. The van der Waals surface area contributed by atoms with Crippen molar-refractivity contribution in [3.8, 4) is 11.5 Å². The molecular weight excluding hydrogens is 229 g/mol. The molecule has 6 heteroatoms. The summed E-state index contributed by atoms with van der Waals surface area (Å²) in [7, 11) is 1.30. The molecule has 0 heterocycles. The van der Waals surface area contributed by atoms with E-state index in [0.29, 0.717) is 0 Å². The summed E-state index contributed by atoms with van der Waals surface area (Å²) < 4.78 is 23.8. The fourth-order valence-corrected chi connectivity index (χ4v) is 1.35. The van der Waals surface area contributed by atoms with Gasteiger partial charge in [-0.3, -0.25) is 0 Å². The van der Waals surface area contributed by atoms with E-state index in [-0.39, 0.29) is 23.3 Å². The van der Waals surface area contributed by atoms with Crippen LogP contribution in [-0.4, -0.2) is 24.3 Å². The Hall–Kier alpha value is -1.98. The number of ether oxygens (including phenoxy) is 2. The van der Waals surface area contributed by atoms with Crippen molar-refractivity contribution < 1.29 is 23.8 Å². The minimum absolute atomic E-state index is 0.00111. The van der Waals surface area contributed by atoms with Crippen LogP contribution < -0.4 is 15.2 Å². The summed E-state index contributed by atoms with van der Waals surface area (Å²) in [5, 5.41) is 8.82. The molecule has 5 nitrogen and oxygen atoms in total. The largest absolute Gasteiger partial charge is 0.491 e. The van der Waals surface area contributed by atoms with Crippen LogP contribution in [0, 0.1) is 5.82 Å². The van der Waals surface area contributed by atoms with Gasteiger partial charge in [-0.25, -0.2) is 9.18 Å². The Morgan fingerprint density at radius 1 is 1.53 bits per heavy atom. The van der Waals surface area contributed by atoms with Gasteiger partial charge in [-0.15, -0.1) is 0 Å². The molecule has 0 spiro atoms. The number of hydrogen-bond acceptors (Lipinski definition) is 4. The number of rotatable bonds is 4. The summed E-state index contributed by atoms with van der Waals surface area (Å²) in [6.45, 7) is 3.50. The maximum Gasteiger partial charge on any atom is 0.338 e. The maximum atomic E-state index is 13.6. The van der Waals surface area contributed by atoms with Crippen molar-refractivity contribution in [1.82, 2.24) is 0 Å². The molecule has 0 unspecified atom stereocenters. The maximum absolute atomic E-state index is 13.6. The minimum atomic E-state index is -1.41. The van der Waals surface area contributed by atoms with Gasteiger partial charge in [-0.05, 0) is 13.8 Å². The zero-order chi connectivity index (χ0) is 13.2. The minimum Gasteiger partial charge on any atom is -0.491 e. The molecule has 3 N–H and O–H groups in total. The van der Waals surface area contributed by atoms with Crippen molar-refractivity contribution in [3.05, 3.63) is 17.4 Å². The number of carboxylic acids is 1. The highest BCUT2D eigenvalue weighted by molar-refractivity contribution is 5.91. The fraction of sp³-hybridized carbons (Fsp3) is 0.364. The van der Waals surface area contributed by atoms with Crippen molar-refractivity contribution in [3.63, 3.8) is 0 Å². The van der Waals surface area contributed by atoms with Gasteiger partial charge in [0.1, 0.15) is 11.3 Å². The lowest BCUT2D eigenvalue weighted by Gasteiger charge is -2.16. The molecule has 0 aliphatic rings. The molecule has 0 radical (unpaired) electrons. The van der Waals surface area contributed by atoms with Crippen molar-refractivity contribution >= 4 is 11.7 Å². The molecule has 0 fully saturated rings. The van der Waals surface area contributed by atoms with E-state index < -0.39 is 17.3 Å². The summed E-state index contributed by atoms with van der Waals surface area (Å²) >= 11 is 0. The quantitative estimate of drug-likeness (QED) is 0.789. The number of hydrogen-bond donors (Lipinski definition) is 2. The standard InChI is InChI=1S/C11H14FNO4/c1-5(2)17-7-4-6(11(14)15)8(12)9(13)10(7)16-3/h4-5H,13H2,1-3H3,(H,14,15). The highest BCUT2D eigenvalue weighted by atomic mass is 19.1. The number of carbonyl (C=O) groups is 1. The summed E-state index contributed by atoms with van der Waals surface area (Å²) in [6.07, 6.45) is -0.213. The van der Waals surface area contributed by atoms with Gasteiger partial charge < -0.3 is 20.3 Å². The van der Waals surface area contributed by atoms with E-state index in [1.54, 1.807) is 13.8 Å². The highest BCUT2D eigenvalue weighted by Crippen LogP contribution is 2.37. The van der Waals surface area contributed by atoms with Crippen LogP contribution in [0.25, 0.3) is 0 Å². The van der Waals surface area contributed by atoms with E-state index in [9.17, 15) is 9.18 Å². The van der Waals surface area contributed by atoms with E-state index in [0.717, 1.165) is 6.07 Å². The number of nitrogens with two attached hydrogens (primary N) is 1. The molecule has 0 aromatic heterocycles. The van der Waals surface area contributed by atoms with Crippen molar-refractivity contribution in [2.75, 3.05) is 12.8 Å². The number of nitrogen functional groups attached to an aromatic ring is 1. The number of anilines is 1. The Morgan fingerprint density at radius 2 is 2.12 bits per heavy atom. The van der Waals surface area contributed by atoms with Gasteiger partial charge >= 0.3 is 5.97 Å². The molecule has 0 amide bonds. The number of methoxy groups -OCH3 is 1. The first kappa shape index (κ1) is 13.1. The van der Waals surface area contributed by atoms with Crippen LogP contribution in [0.4, 0.5) is 10.1 Å². The van der Waals surface area contributed by atoms with Gasteiger partial charge in [0.15, 0.2) is 17.3 Å². The highest BCUT2D eigenvalue weighted by Gasteiger charge is 2.22. The lowest BCUT2D eigenvalue weighted by atomic mass is 10.1. The molecule has 0 bridgehead atoms. The first-order valence-corrected chi connectivity index (χ1v) is 4.94. The number of aromatic carboxylic acids is 1. The van der Waals surface area contributed by atoms with E-state index in [1.807, 2.05) is 0 Å². The van der Waals surface area contributed by atoms with E-state index in [1.165, 1.54) is 7.11 Å². The topological polar surface area (TPSA) is 81.8 Å². The number of benzene rings is 1. The van der Waals surface area contributed by atoms with Crippen LogP contribution >= 0.6 is 0 Å². The Morgan fingerprint density at radius 3 is 2.53 bits per heavy atom. The lowest BCUT2D eigenvalue weighted by molar-refractivity contribution is 0.0691. The predicted octanol–water partition coefficient (Wildman–Crippen LogP) is 1.90. The summed E-state index contributed by atoms with van der Waals surface area (Å²) in [5.74, 6) is -2.32. The normalized spacial score (nSPS) is 10.4. The predicted molar refractivity (Wildman–Crippen MR) is 60.1 cm³/mol. The Kier molecular flexibility index (Phi) is 3.77. The SMILES string of the molecule is COc1c(OC(C)C)cc(C(=O)O)c(F)c1N. The summed E-state index contributed by atoms with van der Waals surface area (Å²) in [5.41, 5.74) is 4.55. The van der Waals surface area contributed by atoms with Gasteiger partial charge in [0.05, 0.1) is 13.2 Å². The fourth-order valence-electron chi connectivity index (χ4n) is 1.35. The van der Waals surface area contributed by atoms with Crippen molar-refractivity contribution in [2.24, 2.45) is 0 Å². The van der Waals surface area contributed by atoms with Gasteiger partial charge in [0.25, 0.3) is 0 Å². The van der Waals surface area contributed by atoms with Crippen LogP contribution in [-0.2, 0) is 0 Å². The van der Waals surface area contributed by atoms with Crippen LogP contribution in [0.15, 0.2) is 6.07 Å². The van der Waals surface area contributed by atoms with Crippen LogP contribution in [0.1, 0.15) is 24.2 Å². The molecule has 0 aliphatic heterocycles. The van der Waals surface area contributed by atoms with Gasteiger partial charge in [0.2, 0.25) is 0 Å².